The largest absolute Gasteiger partial charge is 0.459 e. The van der Waals surface area contributed by atoms with Crippen LogP contribution < -0.4 is 0 Å². The number of hydrogen-bond donors (Lipinski definition) is 0. The maximum absolute atomic E-state index is 13.1. The highest BCUT2D eigenvalue weighted by molar-refractivity contribution is 6.27. The predicted molar refractivity (Wildman–Crippen MR) is 92.3 cm³/mol. The van der Waals surface area contributed by atoms with Gasteiger partial charge in [-0.05, 0) is 26.2 Å². The van der Waals surface area contributed by atoms with Crippen LogP contribution in [-0.2, 0) is 9.53 Å². The van der Waals surface area contributed by atoms with E-state index in [-0.39, 0.29) is 23.5 Å². The Morgan fingerprint density at radius 3 is 2.52 bits per heavy atom. The van der Waals surface area contributed by atoms with Gasteiger partial charge in [-0.25, -0.2) is 0 Å². The number of carbonyl (C=O) groups excluding carboxylic acids is 3. The molecule has 0 aromatic heterocycles. The first-order valence-corrected chi connectivity index (χ1v) is 8.69. The Morgan fingerprint density at radius 1 is 1.16 bits per heavy atom. The van der Waals surface area contributed by atoms with Crippen molar-refractivity contribution in [3.8, 4) is 0 Å². The van der Waals surface area contributed by atoms with Crippen LogP contribution in [0.2, 0.25) is 0 Å². The van der Waals surface area contributed by atoms with Crippen LogP contribution in [-0.4, -0.2) is 23.1 Å². The molecular formula is C21H20O4. The lowest BCUT2D eigenvalue weighted by Crippen LogP contribution is -2.40. The molecule has 3 aliphatic carbocycles. The lowest BCUT2D eigenvalue weighted by atomic mass is 9.65. The van der Waals surface area contributed by atoms with E-state index in [1.54, 1.807) is 24.3 Å². The molecule has 0 unspecified atom stereocenters. The smallest absolute Gasteiger partial charge is 0.303 e. The van der Waals surface area contributed by atoms with Crippen molar-refractivity contribution in [1.82, 2.24) is 0 Å². The van der Waals surface area contributed by atoms with Gasteiger partial charge in [0.05, 0.1) is 0 Å². The Bertz CT molecular complexity index is 874. The summed E-state index contributed by atoms with van der Waals surface area (Å²) in [6.07, 6.45) is 4.57. The van der Waals surface area contributed by atoms with Crippen molar-refractivity contribution in [3.05, 3.63) is 58.2 Å². The summed E-state index contributed by atoms with van der Waals surface area (Å²) in [5.74, 6) is -0.349. The molecule has 4 heteroatoms. The van der Waals surface area contributed by atoms with Gasteiger partial charge < -0.3 is 4.74 Å². The van der Waals surface area contributed by atoms with Crippen molar-refractivity contribution in [3.63, 3.8) is 0 Å². The first-order chi connectivity index (χ1) is 11.9. The Labute approximate surface area is 146 Å². The lowest BCUT2D eigenvalue weighted by molar-refractivity contribution is -0.157. The fourth-order valence-corrected chi connectivity index (χ4v) is 4.51. The topological polar surface area (TPSA) is 60.4 Å². The van der Waals surface area contributed by atoms with Crippen LogP contribution in [0.1, 0.15) is 60.2 Å². The summed E-state index contributed by atoms with van der Waals surface area (Å²) in [4.78, 5) is 37.3. The summed E-state index contributed by atoms with van der Waals surface area (Å²) in [6.45, 7) is 3.37. The van der Waals surface area contributed by atoms with Crippen molar-refractivity contribution < 1.29 is 19.1 Å². The SMILES string of the molecule is CC(=O)O[C@@]1(C)CC[C@H]2C(=CCC3=C2C(=O)c2ccccc2C3=O)C1. The number of ether oxygens (including phenoxy) is 1. The van der Waals surface area contributed by atoms with Crippen LogP contribution in [0.25, 0.3) is 0 Å². The molecule has 1 saturated carbocycles. The maximum atomic E-state index is 13.1. The molecule has 0 radical (unpaired) electrons. The highest BCUT2D eigenvalue weighted by Gasteiger charge is 2.44. The number of allylic oxidation sites excluding steroid dienone is 3. The molecule has 4 rings (SSSR count). The van der Waals surface area contributed by atoms with E-state index in [1.807, 2.05) is 6.92 Å². The standard InChI is InChI=1S/C21H20O4/c1-12(22)25-21(2)10-9-14-13(11-21)7-8-17-18(14)20(24)16-6-4-3-5-15(16)19(17)23/h3-7,14H,8-11H2,1-2H3/t14-,21-/m0/s1. The molecule has 1 aromatic rings. The van der Waals surface area contributed by atoms with Gasteiger partial charge in [0.1, 0.15) is 5.60 Å². The molecular weight excluding hydrogens is 316 g/mol. The van der Waals surface area contributed by atoms with E-state index in [0.717, 1.165) is 12.0 Å². The summed E-state index contributed by atoms with van der Waals surface area (Å²) < 4.78 is 5.52. The number of esters is 1. The number of carbonyl (C=O) groups is 3. The average molecular weight is 336 g/mol. The van der Waals surface area contributed by atoms with Gasteiger partial charge in [-0.15, -0.1) is 0 Å². The van der Waals surface area contributed by atoms with Crippen LogP contribution in [0, 0.1) is 5.92 Å². The minimum Gasteiger partial charge on any atom is -0.459 e. The van der Waals surface area contributed by atoms with Gasteiger partial charge in [-0.3, -0.25) is 14.4 Å². The number of hydrogen-bond acceptors (Lipinski definition) is 4. The lowest BCUT2D eigenvalue weighted by Gasteiger charge is -2.42. The molecule has 1 fully saturated rings. The zero-order chi connectivity index (χ0) is 17.8. The third-order valence-electron chi connectivity index (χ3n) is 5.55. The Kier molecular flexibility index (Phi) is 3.53. The molecule has 0 N–H and O–H groups in total. The zero-order valence-electron chi connectivity index (χ0n) is 14.4. The van der Waals surface area contributed by atoms with Gasteiger partial charge in [0.15, 0.2) is 11.6 Å². The van der Waals surface area contributed by atoms with Crippen LogP contribution in [0.15, 0.2) is 47.1 Å². The summed E-state index contributed by atoms with van der Waals surface area (Å²) in [6, 6.07) is 7.07. The van der Waals surface area contributed by atoms with Gasteiger partial charge in [0.25, 0.3) is 0 Å². The van der Waals surface area contributed by atoms with E-state index >= 15 is 0 Å². The highest BCUT2D eigenvalue weighted by Crippen LogP contribution is 2.47. The first kappa shape index (κ1) is 16.0. The minimum atomic E-state index is -0.522. The van der Waals surface area contributed by atoms with E-state index in [4.69, 9.17) is 4.74 Å². The van der Waals surface area contributed by atoms with Crippen LogP contribution in [0.5, 0.6) is 0 Å². The van der Waals surface area contributed by atoms with Gasteiger partial charge in [0, 0.05) is 41.5 Å². The van der Waals surface area contributed by atoms with Gasteiger partial charge >= 0.3 is 5.97 Å². The van der Waals surface area contributed by atoms with Gasteiger partial charge in [-0.1, -0.05) is 35.9 Å². The number of Topliss-reactive ketones (excluding diaryl/α,β-unsaturated/α-hetero) is 2. The summed E-state index contributed by atoms with van der Waals surface area (Å²) in [5.41, 5.74) is 2.95. The Balaban J connectivity index is 1.70. The van der Waals surface area contributed by atoms with Crippen LogP contribution in [0.3, 0.4) is 0 Å². The molecule has 128 valence electrons. The molecule has 4 nitrogen and oxygen atoms in total. The molecule has 0 spiro atoms. The number of rotatable bonds is 1. The predicted octanol–water partition coefficient (Wildman–Crippen LogP) is 3.81. The minimum absolute atomic E-state index is 0.0168. The quantitative estimate of drug-likeness (QED) is 0.578. The fraction of sp³-hybridized carbons (Fsp3) is 0.381. The van der Waals surface area contributed by atoms with Crippen LogP contribution in [0.4, 0.5) is 0 Å². The van der Waals surface area contributed by atoms with Crippen molar-refractivity contribution in [2.45, 2.75) is 45.1 Å². The molecule has 2 atom stereocenters. The number of ketones is 2. The van der Waals surface area contributed by atoms with Crippen molar-refractivity contribution in [2.75, 3.05) is 0 Å². The highest BCUT2D eigenvalue weighted by atomic mass is 16.6. The van der Waals surface area contributed by atoms with E-state index in [2.05, 4.69) is 6.08 Å². The Morgan fingerprint density at radius 2 is 1.84 bits per heavy atom. The molecule has 25 heavy (non-hydrogen) atoms. The van der Waals surface area contributed by atoms with Crippen LogP contribution >= 0.6 is 0 Å². The van der Waals surface area contributed by atoms with E-state index in [0.29, 0.717) is 41.5 Å². The zero-order valence-corrected chi connectivity index (χ0v) is 14.4. The second-order valence-electron chi connectivity index (χ2n) is 7.39. The molecule has 0 amide bonds. The van der Waals surface area contributed by atoms with E-state index < -0.39 is 5.60 Å². The van der Waals surface area contributed by atoms with Gasteiger partial charge in [0.2, 0.25) is 0 Å². The Hall–Kier alpha value is -2.49. The normalized spacial score (nSPS) is 27.9. The monoisotopic (exact) mass is 336 g/mol. The van der Waals surface area contributed by atoms with Crippen molar-refractivity contribution in [1.29, 1.82) is 0 Å². The molecule has 0 bridgehead atoms. The molecule has 0 aliphatic heterocycles. The molecule has 0 saturated heterocycles. The summed E-state index contributed by atoms with van der Waals surface area (Å²) in [7, 11) is 0. The van der Waals surface area contributed by atoms with E-state index in [9.17, 15) is 14.4 Å². The third-order valence-corrected chi connectivity index (χ3v) is 5.55. The summed E-state index contributed by atoms with van der Waals surface area (Å²) >= 11 is 0. The van der Waals surface area contributed by atoms with Crippen molar-refractivity contribution in [2.24, 2.45) is 5.92 Å². The molecule has 1 aromatic carbocycles. The maximum Gasteiger partial charge on any atom is 0.303 e. The number of fused-ring (bicyclic) bond motifs is 3. The molecule has 0 heterocycles. The summed E-state index contributed by atoms with van der Waals surface area (Å²) in [5, 5.41) is 0. The average Bonchev–Trinajstić information content (AvgIpc) is 2.57. The fourth-order valence-electron chi connectivity index (χ4n) is 4.51. The van der Waals surface area contributed by atoms with Gasteiger partial charge in [-0.2, -0.15) is 0 Å². The first-order valence-electron chi connectivity index (χ1n) is 8.69. The van der Waals surface area contributed by atoms with E-state index in [1.165, 1.54) is 6.92 Å². The number of benzene rings is 1. The third kappa shape index (κ3) is 2.48. The second kappa shape index (κ2) is 5.51. The molecule has 3 aliphatic rings. The van der Waals surface area contributed by atoms with Crippen molar-refractivity contribution >= 4 is 17.5 Å². The second-order valence-corrected chi connectivity index (χ2v) is 7.39.